The van der Waals surface area contributed by atoms with Crippen LogP contribution in [0.3, 0.4) is 0 Å². The zero-order valence-corrected chi connectivity index (χ0v) is 17.2. The second kappa shape index (κ2) is 8.58. The van der Waals surface area contributed by atoms with Gasteiger partial charge < -0.3 is 4.57 Å². The molecule has 1 aromatic heterocycles. The Kier molecular flexibility index (Phi) is 5.95. The third-order valence-electron chi connectivity index (χ3n) is 4.13. The average molecular weight is 557 g/mol. The molecule has 0 amide bonds. The number of rotatable bonds is 3. The van der Waals surface area contributed by atoms with E-state index in [1.54, 1.807) is 22.8 Å². The molecule has 0 unspecified atom stereocenters. The molecule has 0 spiro atoms. The standard InChI is InChI=1S/C22H11FN5.Ir/c1-25-19-12-15(14-24)11-17(13-19)22-27-26-21(16-7-9-18(23)10-8-16)28(22)20-5-3-2-4-6-20;/h2-7,9-13H;/q-1;. The average Bonchev–Trinajstić information content (AvgIpc) is 3.19. The van der Waals surface area contributed by atoms with Gasteiger partial charge in [-0.25, -0.2) is 4.85 Å². The second-order valence-electron chi connectivity index (χ2n) is 5.93. The number of hydrogen-bond acceptors (Lipinski definition) is 3. The summed E-state index contributed by atoms with van der Waals surface area (Å²) in [5.74, 6) is 0.562. The molecule has 0 bridgehead atoms. The molecule has 0 aliphatic heterocycles. The zero-order valence-electron chi connectivity index (χ0n) is 14.8. The van der Waals surface area contributed by atoms with Gasteiger partial charge in [-0.15, -0.1) is 34.9 Å². The molecule has 0 saturated carbocycles. The maximum absolute atomic E-state index is 13.3. The van der Waals surface area contributed by atoms with E-state index in [4.69, 9.17) is 6.57 Å². The van der Waals surface area contributed by atoms with E-state index in [-0.39, 0.29) is 20.1 Å². The number of nitrogens with zero attached hydrogens (tertiary/aromatic N) is 5. The number of benzene rings is 3. The van der Waals surface area contributed by atoms with Gasteiger partial charge in [0.05, 0.1) is 18.5 Å². The van der Waals surface area contributed by atoms with E-state index in [1.807, 2.05) is 30.3 Å². The largest absolute Gasteiger partial charge is 0.316 e. The first-order chi connectivity index (χ1) is 13.7. The number of para-hydroxylation sites is 1. The van der Waals surface area contributed by atoms with Crippen LogP contribution >= 0.6 is 0 Å². The quantitative estimate of drug-likeness (QED) is 0.335. The predicted molar refractivity (Wildman–Crippen MR) is 102 cm³/mol. The fraction of sp³-hybridized carbons (Fsp3) is 0. The van der Waals surface area contributed by atoms with Gasteiger partial charge >= 0.3 is 0 Å². The molecule has 7 heteroatoms. The Balaban J connectivity index is 0.00000240. The van der Waals surface area contributed by atoms with Gasteiger partial charge in [0.25, 0.3) is 0 Å². The second-order valence-corrected chi connectivity index (χ2v) is 5.93. The molecule has 0 atom stereocenters. The summed E-state index contributed by atoms with van der Waals surface area (Å²) in [6.07, 6.45) is 0. The summed E-state index contributed by atoms with van der Waals surface area (Å²) in [6.45, 7) is 7.28. The van der Waals surface area contributed by atoms with Crippen LogP contribution < -0.4 is 0 Å². The molecule has 4 rings (SSSR count). The van der Waals surface area contributed by atoms with Gasteiger partial charge in [-0.1, -0.05) is 18.2 Å². The van der Waals surface area contributed by atoms with Gasteiger partial charge in [-0.3, -0.25) is 4.39 Å². The van der Waals surface area contributed by atoms with Crippen molar-refractivity contribution in [3.63, 3.8) is 0 Å². The first kappa shape index (κ1) is 20.1. The molecule has 4 aromatic rings. The number of hydrogen-bond donors (Lipinski definition) is 0. The van der Waals surface area contributed by atoms with E-state index in [2.05, 4.69) is 27.2 Å². The van der Waals surface area contributed by atoms with Crippen molar-refractivity contribution in [2.45, 2.75) is 0 Å². The molecule has 0 aliphatic carbocycles. The van der Waals surface area contributed by atoms with Crippen LogP contribution in [0.25, 0.3) is 33.3 Å². The smallest absolute Gasteiger partial charge is 0.189 e. The van der Waals surface area contributed by atoms with Crippen molar-refractivity contribution >= 4 is 5.69 Å². The molecule has 3 aromatic carbocycles. The van der Waals surface area contributed by atoms with Crippen molar-refractivity contribution in [3.05, 3.63) is 95.6 Å². The Hall–Kier alpha value is -3.64. The van der Waals surface area contributed by atoms with Crippen LogP contribution in [0, 0.1) is 29.8 Å². The maximum Gasteiger partial charge on any atom is 0.189 e. The molecule has 0 fully saturated rings. The van der Waals surface area contributed by atoms with Crippen LogP contribution in [0.1, 0.15) is 5.56 Å². The third kappa shape index (κ3) is 3.97. The van der Waals surface area contributed by atoms with Gasteiger partial charge in [0.2, 0.25) is 0 Å². The Bertz CT molecular complexity index is 1200. The van der Waals surface area contributed by atoms with E-state index in [9.17, 15) is 9.65 Å². The van der Waals surface area contributed by atoms with Gasteiger partial charge in [-0.2, -0.15) is 10.4 Å². The van der Waals surface area contributed by atoms with E-state index in [0.717, 1.165) is 5.69 Å². The minimum atomic E-state index is -0.391. The van der Waals surface area contributed by atoms with Gasteiger partial charge in [0.15, 0.2) is 11.5 Å². The summed E-state index contributed by atoms with van der Waals surface area (Å²) in [5.41, 5.74) is 2.66. The van der Waals surface area contributed by atoms with Crippen LogP contribution in [0.4, 0.5) is 10.1 Å². The van der Waals surface area contributed by atoms with Crippen molar-refractivity contribution in [2.75, 3.05) is 0 Å². The van der Waals surface area contributed by atoms with Crippen molar-refractivity contribution in [3.8, 4) is 34.5 Å². The summed E-state index contributed by atoms with van der Waals surface area (Å²) in [4.78, 5) is 3.44. The van der Waals surface area contributed by atoms with Crippen molar-refractivity contribution in [2.24, 2.45) is 0 Å². The van der Waals surface area contributed by atoms with Crippen molar-refractivity contribution < 1.29 is 24.5 Å². The normalized spacial score (nSPS) is 9.90. The van der Waals surface area contributed by atoms with Crippen LogP contribution in [0.5, 0.6) is 0 Å². The Morgan fingerprint density at radius 3 is 2.45 bits per heavy atom. The molecule has 0 N–H and O–H groups in total. The van der Waals surface area contributed by atoms with Gasteiger partial charge in [0, 0.05) is 42.7 Å². The third-order valence-corrected chi connectivity index (χ3v) is 4.13. The maximum atomic E-state index is 13.3. The minimum Gasteiger partial charge on any atom is -0.316 e. The molecule has 29 heavy (non-hydrogen) atoms. The zero-order chi connectivity index (χ0) is 19.5. The minimum absolute atomic E-state index is 0. The monoisotopic (exact) mass is 557 g/mol. The first-order valence-corrected chi connectivity index (χ1v) is 8.31. The molecular formula is C22H11FIrN5-. The predicted octanol–water partition coefficient (Wildman–Crippen LogP) is 4.96. The van der Waals surface area contributed by atoms with Gasteiger partial charge in [-0.05, 0) is 30.3 Å². The Morgan fingerprint density at radius 2 is 1.79 bits per heavy atom. The molecule has 1 heterocycles. The molecule has 0 saturated heterocycles. The molecule has 5 nitrogen and oxygen atoms in total. The summed E-state index contributed by atoms with van der Waals surface area (Å²) >= 11 is 0. The number of aromatic nitrogens is 3. The van der Waals surface area contributed by atoms with Crippen molar-refractivity contribution in [1.82, 2.24) is 14.8 Å². The fourth-order valence-corrected chi connectivity index (χ4v) is 2.88. The van der Waals surface area contributed by atoms with Crippen molar-refractivity contribution in [1.29, 1.82) is 5.26 Å². The number of halogens is 1. The van der Waals surface area contributed by atoms with Gasteiger partial charge in [0.1, 0.15) is 0 Å². The van der Waals surface area contributed by atoms with Crippen LogP contribution in [0.15, 0.2) is 66.7 Å². The molecule has 141 valence electrons. The molecule has 0 aliphatic rings. The molecular weight excluding hydrogens is 545 g/mol. The summed E-state index contributed by atoms with van der Waals surface area (Å²) in [7, 11) is 0. The van der Waals surface area contributed by atoms with E-state index >= 15 is 0 Å². The SMILES string of the molecule is [C-]#[N+]c1cc(C#N)cc(-c2nnc(-c3[c-]cc(F)cc3)n2-c2ccccc2)c1.[Ir]. The first-order valence-electron chi connectivity index (χ1n) is 8.31. The van der Waals surface area contributed by atoms with E-state index < -0.39 is 5.82 Å². The fourth-order valence-electron chi connectivity index (χ4n) is 2.88. The topological polar surface area (TPSA) is 58.9 Å². The van der Waals surface area contributed by atoms with E-state index in [1.165, 1.54) is 18.2 Å². The van der Waals surface area contributed by atoms with Crippen LogP contribution in [-0.2, 0) is 20.1 Å². The summed E-state index contributed by atoms with van der Waals surface area (Å²) in [5, 5.41) is 17.9. The summed E-state index contributed by atoms with van der Waals surface area (Å²) < 4.78 is 15.1. The summed E-state index contributed by atoms with van der Waals surface area (Å²) in [6, 6.07) is 23.4. The number of nitriles is 1. The van der Waals surface area contributed by atoms with E-state index in [0.29, 0.717) is 34.0 Å². The van der Waals surface area contributed by atoms with Crippen LogP contribution in [0.2, 0.25) is 0 Å². The Morgan fingerprint density at radius 1 is 1.03 bits per heavy atom. The molecule has 1 radical (unpaired) electrons. The Labute approximate surface area is 180 Å². The van der Waals surface area contributed by atoms with Crippen LogP contribution in [-0.4, -0.2) is 14.8 Å².